The molecule has 1 aromatic carbocycles. The Kier molecular flexibility index (Phi) is 3.42. The van der Waals surface area contributed by atoms with Crippen LogP contribution in [-0.4, -0.2) is 20.4 Å². The molecule has 1 atom stereocenters. The number of carbonyl (C=O) groups excluding carboxylic acids is 1. The number of primary sulfonamides is 1. The summed E-state index contributed by atoms with van der Waals surface area (Å²) >= 11 is 0. The second kappa shape index (κ2) is 5.15. The number of furan rings is 1. The van der Waals surface area contributed by atoms with Crippen LogP contribution in [0.25, 0.3) is 0 Å². The summed E-state index contributed by atoms with van der Waals surface area (Å²) in [5.74, 6) is 0.121. The van der Waals surface area contributed by atoms with Gasteiger partial charge in [0.05, 0.1) is 0 Å². The number of hydrogen-bond acceptors (Lipinski definition) is 5. The maximum atomic E-state index is 12.0. The Morgan fingerprint density at radius 2 is 2.09 bits per heavy atom. The van der Waals surface area contributed by atoms with Crippen molar-refractivity contribution in [3.8, 4) is 5.75 Å². The quantitative estimate of drug-likeness (QED) is 0.889. The molecule has 0 saturated carbocycles. The van der Waals surface area contributed by atoms with E-state index in [1.807, 2.05) is 13.0 Å². The van der Waals surface area contributed by atoms with Gasteiger partial charge in [-0.2, -0.15) is 0 Å². The van der Waals surface area contributed by atoms with Crippen LogP contribution in [0.4, 0.5) is 5.69 Å². The molecular formula is C14H14N2O5S. The summed E-state index contributed by atoms with van der Waals surface area (Å²) in [7, 11) is -3.97. The van der Waals surface area contributed by atoms with Gasteiger partial charge in [-0.15, -0.1) is 0 Å². The van der Waals surface area contributed by atoms with Crippen molar-refractivity contribution in [2.45, 2.75) is 24.5 Å². The van der Waals surface area contributed by atoms with Gasteiger partial charge in [-0.05, 0) is 42.8 Å². The van der Waals surface area contributed by atoms with Gasteiger partial charge in [-0.3, -0.25) is 4.79 Å². The minimum atomic E-state index is -3.97. The van der Waals surface area contributed by atoms with E-state index in [4.69, 9.17) is 14.3 Å². The van der Waals surface area contributed by atoms with E-state index >= 15 is 0 Å². The molecule has 2 heterocycles. The largest absolute Gasteiger partial charge is 0.490 e. The van der Waals surface area contributed by atoms with Crippen molar-refractivity contribution in [3.05, 3.63) is 41.7 Å². The maximum Gasteiger partial charge on any atom is 0.291 e. The number of amides is 1. The second-order valence-corrected chi connectivity index (χ2v) is 6.57. The molecule has 0 aliphatic carbocycles. The molecule has 1 aliphatic rings. The van der Waals surface area contributed by atoms with Gasteiger partial charge < -0.3 is 14.5 Å². The molecule has 3 rings (SSSR count). The summed E-state index contributed by atoms with van der Waals surface area (Å²) in [5.41, 5.74) is 1.59. The van der Waals surface area contributed by atoms with Gasteiger partial charge in [0.15, 0.2) is 5.76 Å². The Balaban J connectivity index is 1.78. The lowest BCUT2D eigenvalue weighted by molar-refractivity contribution is 0.0991. The number of nitrogens with two attached hydrogens (primary N) is 1. The third kappa shape index (κ3) is 2.83. The summed E-state index contributed by atoms with van der Waals surface area (Å²) in [6.07, 6.45) is 0.887. The number of ether oxygens (including phenoxy) is 1. The maximum absolute atomic E-state index is 12.0. The van der Waals surface area contributed by atoms with Gasteiger partial charge in [-0.1, -0.05) is 0 Å². The van der Waals surface area contributed by atoms with Gasteiger partial charge in [0.1, 0.15) is 11.9 Å². The first-order chi connectivity index (χ1) is 10.3. The highest BCUT2D eigenvalue weighted by Crippen LogP contribution is 2.31. The Hall–Kier alpha value is -2.32. The van der Waals surface area contributed by atoms with Gasteiger partial charge in [0.2, 0.25) is 5.09 Å². The molecule has 1 aromatic heterocycles. The van der Waals surface area contributed by atoms with E-state index in [1.165, 1.54) is 6.07 Å². The monoisotopic (exact) mass is 322 g/mol. The van der Waals surface area contributed by atoms with E-state index in [-0.39, 0.29) is 11.9 Å². The third-order valence-corrected chi connectivity index (χ3v) is 4.02. The second-order valence-electron chi connectivity index (χ2n) is 5.07. The minimum absolute atomic E-state index is 0.114. The number of fused-ring (bicyclic) bond motifs is 1. The number of sulfonamides is 1. The lowest BCUT2D eigenvalue weighted by atomic mass is 10.1. The molecule has 0 bridgehead atoms. The standard InChI is InChI=1S/C14H14N2O5S/c1-8-6-9-7-10(2-3-11(9)20-8)16-14(17)12-4-5-13(21-12)22(15,18)19/h2-5,7-8H,6H2,1H3,(H,16,17)(H2,15,18,19). The highest BCUT2D eigenvalue weighted by atomic mass is 32.2. The molecule has 8 heteroatoms. The number of anilines is 1. The lowest BCUT2D eigenvalue weighted by Crippen LogP contribution is -2.12. The summed E-state index contributed by atoms with van der Waals surface area (Å²) in [6, 6.07) is 7.71. The van der Waals surface area contributed by atoms with E-state index < -0.39 is 21.0 Å². The zero-order valence-electron chi connectivity index (χ0n) is 11.7. The van der Waals surface area contributed by atoms with Crippen molar-refractivity contribution in [2.75, 3.05) is 5.32 Å². The van der Waals surface area contributed by atoms with Crippen LogP contribution in [0, 0.1) is 0 Å². The number of rotatable bonds is 3. The highest BCUT2D eigenvalue weighted by molar-refractivity contribution is 7.89. The average molecular weight is 322 g/mol. The zero-order chi connectivity index (χ0) is 15.9. The number of nitrogens with one attached hydrogen (secondary N) is 1. The Bertz CT molecular complexity index is 841. The molecule has 0 saturated heterocycles. The Labute approximate surface area is 127 Å². The number of hydrogen-bond donors (Lipinski definition) is 2. The van der Waals surface area contributed by atoms with E-state index in [0.717, 1.165) is 23.8 Å². The van der Waals surface area contributed by atoms with Crippen LogP contribution >= 0.6 is 0 Å². The van der Waals surface area contributed by atoms with Crippen molar-refractivity contribution in [1.82, 2.24) is 0 Å². The van der Waals surface area contributed by atoms with E-state index in [2.05, 4.69) is 5.32 Å². The summed E-state index contributed by atoms with van der Waals surface area (Å²) in [4.78, 5) is 12.0. The van der Waals surface area contributed by atoms with E-state index in [1.54, 1.807) is 12.1 Å². The summed E-state index contributed by atoms with van der Waals surface area (Å²) in [5, 5.41) is 7.12. The van der Waals surface area contributed by atoms with Crippen LogP contribution in [0.15, 0.2) is 39.8 Å². The molecule has 116 valence electrons. The number of benzene rings is 1. The van der Waals surface area contributed by atoms with Crippen LogP contribution in [0.2, 0.25) is 0 Å². The molecule has 2 aromatic rings. The fourth-order valence-corrected chi connectivity index (χ4v) is 2.75. The molecule has 1 unspecified atom stereocenters. The normalized spacial score (nSPS) is 16.9. The lowest BCUT2D eigenvalue weighted by Gasteiger charge is -2.05. The Morgan fingerprint density at radius 1 is 1.32 bits per heavy atom. The molecular weight excluding hydrogens is 308 g/mol. The minimum Gasteiger partial charge on any atom is -0.490 e. The summed E-state index contributed by atoms with van der Waals surface area (Å²) in [6.45, 7) is 1.97. The molecule has 22 heavy (non-hydrogen) atoms. The first kappa shape index (κ1) is 14.6. The predicted octanol–water partition coefficient (Wildman–Crippen LogP) is 1.50. The first-order valence-electron chi connectivity index (χ1n) is 6.56. The zero-order valence-corrected chi connectivity index (χ0v) is 12.5. The first-order valence-corrected chi connectivity index (χ1v) is 8.11. The topological polar surface area (TPSA) is 112 Å². The van der Waals surface area contributed by atoms with Gasteiger partial charge in [0, 0.05) is 12.1 Å². The molecule has 7 nitrogen and oxygen atoms in total. The average Bonchev–Trinajstić information content (AvgIpc) is 3.02. The van der Waals surface area contributed by atoms with Crippen LogP contribution in [0.1, 0.15) is 23.0 Å². The van der Waals surface area contributed by atoms with Crippen molar-refractivity contribution in [2.24, 2.45) is 5.14 Å². The molecule has 1 aliphatic heterocycles. The van der Waals surface area contributed by atoms with E-state index in [0.29, 0.717) is 5.69 Å². The fraction of sp³-hybridized carbons (Fsp3) is 0.214. The van der Waals surface area contributed by atoms with Gasteiger partial charge in [-0.25, -0.2) is 13.6 Å². The van der Waals surface area contributed by atoms with Crippen molar-refractivity contribution in [1.29, 1.82) is 0 Å². The van der Waals surface area contributed by atoms with Crippen LogP contribution in [-0.2, 0) is 16.4 Å². The van der Waals surface area contributed by atoms with Gasteiger partial charge >= 0.3 is 0 Å². The third-order valence-electron chi connectivity index (χ3n) is 3.24. The predicted molar refractivity (Wildman–Crippen MR) is 78.3 cm³/mol. The van der Waals surface area contributed by atoms with Crippen molar-refractivity contribution >= 4 is 21.6 Å². The molecule has 3 N–H and O–H groups in total. The van der Waals surface area contributed by atoms with Gasteiger partial charge in [0.25, 0.3) is 15.9 Å². The van der Waals surface area contributed by atoms with Crippen molar-refractivity contribution < 1.29 is 22.4 Å². The van der Waals surface area contributed by atoms with Crippen LogP contribution in [0.3, 0.4) is 0 Å². The Morgan fingerprint density at radius 3 is 2.77 bits per heavy atom. The number of carbonyl (C=O) groups is 1. The van der Waals surface area contributed by atoms with Crippen molar-refractivity contribution in [3.63, 3.8) is 0 Å². The van der Waals surface area contributed by atoms with E-state index in [9.17, 15) is 13.2 Å². The highest BCUT2D eigenvalue weighted by Gasteiger charge is 2.21. The SMILES string of the molecule is CC1Cc2cc(NC(=O)c3ccc(S(N)(=O)=O)o3)ccc2O1. The molecule has 0 radical (unpaired) electrons. The summed E-state index contributed by atoms with van der Waals surface area (Å²) < 4.78 is 32.8. The molecule has 0 spiro atoms. The molecule has 1 amide bonds. The van der Waals surface area contributed by atoms with Crippen LogP contribution in [0.5, 0.6) is 5.75 Å². The molecule has 0 fully saturated rings. The smallest absolute Gasteiger partial charge is 0.291 e. The fourth-order valence-electron chi connectivity index (χ4n) is 2.29. The van der Waals surface area contributed by atoms with Crippen LogP contribution < -0.4 is 15.2 Å².